The number of nitrogens with one attached hydrogen (secondary N) is 1. The summed E-state index contributed by atoms with van der Waals surface area (Å²) in [5.41, 5.74) is 1.62. The van der Waals surface area contributed by atoms with E-state index in [2.05, 4.69) is 10.5 Å². The van der Waals surface area contributed by atoms with Crippen molar-refractivity contribution in [1.29, 1.82) is 0 Å². The number of nitrogens with zero attached hydrogens (tertiary/aromatic N) is 3. The summed E-state index contributed by atoms with van der Waals surface area (Å²) >= 11 is 7.46. The van der Waals surface area contributed by atoms with Crippen molar-refractivity contribution < 1.29 is 18.8 Å². The number of ether oxygens (including phenoxy) is 1. The number of carbonyl (C=O) groups excluding carboxylic acids is 2. The molecule has 176 valence electrons. The molecule has 1 saturated heterocycles. The van der Waals surface area contributed by atoms with Crippen LogP contribution in [0.2, 0.25) is 4.34 Å². The topological polar surface area (TPSA) is 89.6 Å². The van der Waals surface area contributed by atoms with Crippen LogP contribution in [0, 0.1) is 0 Å². The van der Waals surface area contributed by atoms with Crippen molar-refractivity contribution in [3.05, 3.63) is 58.6 Å². The molecule has 5 rings (SSSR count). The molecule has 3 aromatic heterocycles. The Bertz CT molecular complexity index is 1340. The minimum atomic E-state index is -0.514. The first-order valence-corrected chi connectivity index (χ1v) is 12.2. The molecular weight excluding hydrogens is 476 g/mol. The molecule has 4 aromatic rings. The van der Waals surface area contributed by atoms with Gasteiger partial charge in [0.2, 0.25) is 11.8 Å². The molecule has 10 heteroatoms. The highest BCUT2D eigenvalue weighted by Crippen LogP contribution is 2.32. The van der Waals surface area contributed by atoms with Crippen molar-refractivity contribution in [2.45, 2.75) is 32.4 Å². The first-order valence-electron chi connectivity index (χ1n) is 11.0. The monoisotopic (exact) mass is 498 g/mol. The molecule has 0 spiro atoms. The molecule has 1 fully saturated rings. The van der Waals surface area contributed by atoms with E-state index in [4.69, 9.17) is 20.9 Å². The van der Waals surface area contributed by atoms with E-state index in [0.717, 1.165) is 15.8 Å². The lowest BCUT2D eigenvalue weighted by atomic mass is 10.1. The second kappa shape index (κ2) is 9.52. The average molecular weight is 499 g/mol. The smallest absolute Gasteiger partial charge is 0.393 e. The Balaban J connectivity index is 1.32. The van der Waals surface area contributed by atoms with Crippen LogP contribution in [-0.4, -0.2) is 45.8 Å². The maximum atomic E-state index is 12.7. The number of rotatable bonds is 5. The number of hydrogen-bond donors (Lipinski definition) is 1. The summed E-state index contributed by atoms with van der Waals surface area (Å²) in [7, 11) is 0. The number of piperidine rings is 1. The van der Waals surface area contributed by atoms with Crippen molar-refractivity contribution in [2.75, 3.05) is 13.1 Å². The molecule has 1 aliphatic heterocycles. The van der Waals surface area contributed by atoms with Gasteiger partial charge in [-0.2, -0.15) is 0 Å². The summed E-state index contributed by atoms with van der Waals surface area (Å²) in [6.07, 6.45) is 0.887. The molecule has 0 saturated carbocycles. The number of carbonyl (C=O) groups is 2. The van der Waals surface area contributed by atoms with E-state index in [-0.39, 0.29) is 11.9 Å². The fourth-order valence-electron chi connectivity index (χ4n) is 4.17. The Hall–Kier alpha value is -3.30. The molecule has 34 heavy (non-hydrogen) atoms. The number of fused-ring (bicyclic) bond motifs is 1. The Morgan fingerprint density at radius 2 is 2.00 bits per heavy atom. The third-order valence-electron chi connectivity index (χ3n) is 5.93. The van der Waals surface area contributed by atoms with E-state index in [9.17, 15) is 9.59 Å². The predicted molar refractivity (Wildman–Crippen MR) is 130 cm³/mol. The third-order valence-corrected chi connectivity index (χ3v) is 7.17. The molecule has 0 atom stereocenters. The highest BCUT2D eigenvalue weighted by molar-refractivity contribution is 7.19. The highest BCUT2D eigenvalue weighted by Gasteiger charge is 2.23. The van der Waals surface area contributed by atoms with E-state index >= 15 is 0 Å². The molecular formula is C24H23ClN4O4S. The summed E-state index contributed by atoms with van der Waals surface area (Å²) in [5, 5.41) is 8.08. The van der Waals surface area contributed by atoms with Crippen LogP contribution in [0.3, 0.4) is 0 Å². The van der Waals surface area contributed by atoms with Crippen LogP contribution in [0.5, 0.6) is 5.88 Å². The molecule has 1 aromatic carbocycles. The summed E-state index contributed by atoms with van der Waals surface area (Å²) < 4.78 is 13.8. The number of aromatic nitrogens is 2. The van der Waals surface area contributed by atoms with Gasteiger partial charge < -0.3 is 24.0 Å². The SMILES string of the molecule is CC(=O)N1CCC(NC(=O)Oc2cc3ccccc3n2Cc2cc(-c3ccc(Cl)s3)on2)CC1. The van der Waals surface area contributed by atoms with E-state index < -0.39 is 6.09 Å². The average Bonchev–Trinajstić information content (AvgIpc) is 3.54. The molecule has 0 radical (unpaired) electrons. The van der Waals surface area contributed by atoms with Gasteiger partial charge in [-0.3, -0.25) is 4.79 Å². The minimum Gasteiger partial charge on any atom is -0.393 e. The Morgan fingerprint density at radius 1 is 1.21 bits per heavy atom. The van der Waals surface area contributed by atoms with Crippen LogP contribution < -0.4 is 10.1 Å². The minimum absolute atomic E-state index is 0.0309. The van der Waals surface area contributed by atoms with Crippen molar-refractivity contribution in [3.63, 3.8) is 0 Å². The zero-order valence-electron chi connectivity index (χ0n) is 18.5. The van der Waals surface area contributed by atoms with Crippen molar-refractivity contribution >= 4 is 45.8 Å². The van der Waals surface area contributed by atoms with Gasteiger partial charge in [-0.1, -0.05) is 35.0 Å². The van der Waals surface area contributed by atoms with Gasteiger partial charge in [0, 0.05) is 43.6 Å². The first kappa shape index (κ1) is 22.5. The van der Waals surface area contributed by atoms with Gasteiger partial charge >= 0.3 is 6.09 Å². The van der Waals surface area contributed by atoms with Crippen LogP contribution in [0.25, 0.3) is 21.5 Å². The van der Waals surface area contributed by atoms with Crippen molar-refractivity contribution in [3.8, 4) is 16.5 Å². The Morgan fingerprint density at radius 3 is 2.74 bits per heavy atom. The summed E-state index contributed by atoms with van der Waals surface area (Å²) in [4.78, 5) is 26.9. The lowest BCUT2D eigenvalue weighted by Gasteiger charge is -2.31. The number of para-hydroxylation sites is 1. The quantitative estimate of drug-likeness (QED) is 0.410. The molecule has 2 amide bonds. The first-order chi connectivity index (χ1) is 16.5. The van der Waals surface area contributed by atoms with Gasteiger partial charge in [0.25, 0.3) is 0 Å². The number of amides is 2. The van der Waals surface area contributed by atoms with Crippen LogP contribution in [-0.2, 0) is 11.3 Å². The van der Waals surface area contributed by atoms with Gasteiger partial charge in [0.1, 0.15) is 5.69 Å². The normalized spacial score (nSPS) is 14.5. The Labute approximate surface area is 205 Å². The number of thiophene rings is 1. The van der Waals surface area contributed by atoms with E-state index in [1.807, 2.05) is 53.1 Å². The molecule has 0 unspecified atom stereocenters. The third kappa shape index (κ3) is 4.80. The summed E-state index contributed by atoms with van der Waals surface area (Å²) in [6.45, 7) is 3.19. The molecule has 0 aliphatic carbocycles. The van der Waals surface area contributed by atoms with Crippen molar-refractivity contribution in [1.82, 2.24) is 19.9 Å². The summed E-state index contributed by atoms with van der Waals surface area (Å²) in [5.74, 6) is 1.12. The maximum absolute atomic E-state index is 12.7. The zero-order valence-corrected chi connectivity index (χ0v) is 20.1. The fraction of sp³-hybridized carbons (Fsp3) is 0.292. The number of likely N-dealkylation sites (tertiary alicyclic amines) is 1. The lowest BCUT2D eigenvalue weighted by Crippen LogP contribution is -2.46. The van der Waals surface area contributed by atoms with Gasteiger partial charge in [-0.05, 0) is 31.0 Å². The molecule has 8 nitrogen and oxygen atoms in total. The van der Waals surface area contributed by atoms with E-state index in [0.29, 0.717) is 54.1 Å². The second-order valence-electron chi connectivity index (χ2n) is 8.23. The van der Waals surface area contributed by atoms with Crippen LogP contribution >= 0.6 is 22.9 Å². The van der Waals surface area contributed by atoms with Crippen LogP contribution in [0.4, 0.5) is 4.79 Å². The van der Waals surface area contributed by atoms with Crippen LogP contribution in [0.15, 0.2) is 53.1 Å². The molecule has 1 N–H and O–H groups in total. The van der Waals surface area contributed by atoms with Crippen LogP contribution in [0.1, 0.15) is 25.5 Å². The fourth-order valence-corrected chi connectivity index (χ4v) is 5.17. The molecule has 4 heterocycles. The predicted octanol–water partition coefficient (Wildman–Crippen LogP) is 5.16. The van der Waals surface area contributed by atoms with Gasteiger partial charge in [-0.25, -0.2) is 4.79 Å². The Kier molecular flexibility index (Phi) is 6.30. The maximum Gasteiger partial charge on any atom is 0.414 e. The summed E-state index contributed by atoms with van der Waals surface area (Å²) in [6, 6.07) is 15.2. The lowest BCUT2D eigenvalue weighted by molar-refractivity contribution is -0.129. The standard InChI is InChI=1S/C24H23ClN4O4S/c1-15(30)28-10-8-17(9-11-28)26-24(31)32-23-12-16-4-2-3-5-19(16)29(23)14-18-13-20(33-27-18)21-6-7-22(25)34-21/h2-7,12-13,17H,8-11,14H2,1H3,(H,26,31). The second-order valence-corrected chi connectivity index (χ2v) is 9.94. The van der Waals surface area contributed by atoms with Gasteiger partial charge in [0.15, 0.2) is 5.76 Å². The number of hydrogen-bond acceptors (Lipinski definition) is 6. The highest BCUT2D eigenvalue weighted by atomic mass is 35.5. The molecule has 0 bridgehead atoms. The number of halogens is 1. The largest absolute Gasteiger partial charge is 0.414 e. The number of benzene rings is 1. The zero-order chi connectivity index (χ0) is 23.7. The van der Waals surface area contributed by atoms with Gasteiger partial charge in [-0.15, -0.1) is 11.3 Å². The van der Waals surface area contributed by atoms with Crippen molar-refractivity contribution in [2.24, 2.45) is 0 Å². The van der Waals surface area contributed by atoms with Gasteiger partial charge in [0.05, 0.1) is 21.3 Å². The molecule has 1 aliphatic rings. The van der Waals surface area contributed by atoms with E-state index in [1.165, 1.54) is 11.3 Å². The van der Waals surface area contributed by atoms with E-state index in [1.54, 1.807) is 11.8 Å².